The number of carbonyl (C=O) groups is 2. The third-order valence-electron chi connectivity index (χ3n) is 6.12. The molecule has 1 aliphatic heterocycles. The van der Waals surface area contributed by atoms with Crippen molar-refractivity contribution in [2.75, 3.05) is 0 Å². The third kappa shape index (κ3) is 8.18. The lowest BCUT2D eigenvalue weighted by molar-refractivity contribution is -0.253. The van der Waals surface area contributed by atoms with Crippen LogP contribution in [0.2, 0.25) is 0 Å². The Bertz CT molecular complexity index is 1210. The molecule has 1 amide bonds. The maximum Gasteiger partial charge on any atom is 0.338 e. The number of halogens is 3. The smallest absolute Gasteiger partial charge is 0.338 e. The summed E-state index contributed by atoms with van der Waals surface area (Å²) in [4.78, 5) is 25.7. The Morgan fingerprint density at radius 2 is 1.26 bits per heavy atom. The minimum absolute atomic E-state index is 0.161. The van der Waals surface area contributed by atoms with Crippen molar-refractivity contribution in [3.63, 3.8) is 0 Å². The molecule has 3 aromatic rings. The molecule has 1 N–H and O–H groups in total. The molecule has 39 heavy (non-hydrogen) atoms. The molecule has 0 spiro atoms. The van der Waals surface area contributed by atoms with Gasteiger partial charge >= 0.3 is 5.97 Å². The van der Waals surface area contributed by atoms with Crippen LogP contribution in [0.15, 0.2) is 91.0 Å². The minimum Gasteiger partial charge on any atom is -0.453 e. The van der Waals surface area contributed by atoms with Crippen molar-refractivity contribution in [2.24, 2.45) is 0 Å². The SMILES string of the molecule is C[C@@H]1O[C@@H](NC(=O)C(Cl)(Cl)Cl)[C@@H](OCc2ccccc2)[C@H](OCc2ccccc2)[C@@H]1OC(=O)c1ccccc1. The first kappa shape index (κ1) is 29.3. The summed E-state index contributed by atoms with van der Waals surface area (Å²) in [7, 11) is 0. The van der Waals surface area contributed by atoms with Crippen LogP contribution < -0.4 is 5.32 Å². The van der Waals surface area contributed by atoms with Crippen LogP contribution in [0, 0.1) is 0 Å². The van der Waals surface area contributed by atoms with E-state index in [1.165, 1.54) is 0 Å². The second kappa shape index (κ2) is 13.6. The molecule has 7 nitrogen and oxygen atoms in total. The lowest BCUT2D eigenvalue weighted by atomic mass is 9.97. The van der Waals surface area contributed by atoms with E-state index in [0.29, 0.717) is 5.56 Å². The van der Waals surface area contributed by atoms with Crippen molar-refractivity contribution < 1.29 is 28.5 Å². The van der Waals surface area contributed by atoms with E-state index in [-0.39, 0.29) is 13.2 Å². The van der Waals surface area contributed by atoms with Gasteiger partial charge in [-0.25, -0.2) is 4.79 Å². The number of hydrogen-bond donors (Lipinski definition) is 1. The van der Waals surface area contributed by atoms with E-state index in [9.17, 15) is 9.59 Å². The maximum atomic E-state index is 13.1. The number of hydrogen-bond acceptors (Lipinski definition) is 6. The Labute approximate surface area is 242 Å². The molecule has 0 bridgehead atoms. The van der Waals surface area contributed by atoms with Gasteiger partial charge in [-0.3, -0.25) is 4.79 Å². The molecule has 0 radical (unpaired) electrons. The number of esters is 1. The van der Waals surface area contributed by atoms with E-state index in [1.807, 2.05) is 60.7 Å². The van der Waals surface area contributed by atoms with Crippen molar-refractivity contribution in [2.45, 2.75) is 54.6 Å². The van der Waals surface area contributed by atoms with E-state index in [1.54, 1.807) is 37.3 Å². The van der Waals surface area contributed by atoms with Crippen LogP contribution in [0.25, 0.3) is 0 Å². The molecule has 206 valence electrons. The number of nitrogens with one attached hydrogen (secondary N) is 1. The van der Waals surface area contributed by atoms with Crippen LogP contribution in [-0.4, -0.2) is 46.3 Å². The van der Waals surface area contributed by atoms with E-state index in [0.717, 1.165) is 11.1 Å². The molecule has 4 rings (SSSR count). The number of amides is 1. The Morgan fingerprint density at radius 3 is 1.77 bits per heavy atom. The van der Waals surface area contributed by atoms with Crippen molar-refractivity contribution in [1.82, 2.24) is 5.32 Å². The summed E-state index contributed by atoms with van der Waals surface area (Å²) in [6, 6.07) is 27.6. The van der Waals surface area contributed by atoms with Gasteiger partial charge in [0.05, 0.1) is 24.9 Å². The quantitative estimate of drug-likeness (QED) is 0.257. The largest absolute Gasteiger partial charge is 0.453 e. The standard InChI is InChI=1S/C29H28Cl3NO6/c1-19-23(39-27(34)22-15-9-4-10-16-22)24(36-17-20-11-5-2-6-12-20)25(37-18-21-13-7-3-8-14-21)26(38-19)33-28(35)29(30,31)32/h2-16,19,23-26H,17-18H2,1H3,(H,33,35)/t19-,23+,24+,25-,26+/m0/s1. The van der Waals surface area contributed by atoms with Gasteiger partial charge in [0.2, 0.25) is 0 Å². The number of carbonyl (C=O) groups excluding carboxylic acids is 2. The summed E-state index contributed by atoms with van der Waals surface area (Å²) in [5.74, 6) is -1.44. The Balaban J connectivity index is 1.64. The zero-order valence-electron chi connectivity index (χ0n) is 21.0. The Kier molecular flexibility index (Phi) is 10.2. The van der Waals surface area contributed by atoms with Gasteiger partial charge in [0.15, 0.2) is 12.3 Å². The molecule has 3 aromatic carbocycles. The number of rotatable bonds is 9. The van der Waals surface area contributed by atoms with Crippen LogP contribution in [0.3, 0.4) is 0 Å². The highest BCUT2D eigenvalue weighted by Gasteiger charge is 2.49. The van der Waals surface area contributed by atoms with Crippen molar-refractivity contribution in [3.8, 4) is 0 Å². The predicted molar refractivity (Wildman–Crippen MR) is 148 cm³/mol. The average Bonchev–Trinajstić information content (AvgIpc) is 2.94. The van der Waals surface area contributed by atoms with Gasteiger partial charge in [0, 0.05) is 0 Å². The fourth-order valence-corrected chi connectivity index (χ4v) is 4.34. The zero-order chi connectivity index (χ0) is 27.8. The first-order valence-corrected chi connectivity index (χ1v) is 13.5. The number of ether oxygens (including phenoxy) is 4. The molecule has 1 aliphatic rings. The molecule has 5 atom stereocenters. The van der Waals surface area contributed by atoms with E-state index < -0.39 is 46.3 Å². The monoisotopic (exact) mass is 591 g/mol. The second-order valence-corrected chi connectivity index (χ2v) is 11.3. The number of benzene rings is 3. The van der Waals surface area contributed by atoms with E-state index in [4.69, 9.17) is 53.8 Å². The highest BCUT2D eigenvalue weighted by atomic mass is 35.6. The summed E-state index contributed by atoms with van der Waals surface area (Å²) < 4.78 is 22.4. The molecule has 0 aliphatic carbocycles. The zero-order valence-corrected chi connectivity index (χ0v) is 23.3. The van der Waals surface area contributed by atoms with Crippen molar-refractivity contribution in [3.05, 3.63) is 108 Å². The van der Waals surface area contributed by atoms with Crippen LogP contribution >= 0.6 is 34.8 Å². The van der Waals surface area contributed by atoms with E-state index >= 15 is 0 Å². The van der Waals surface area contributed by atoms with Gasteiger partial charge in [0.25, 0.3) is 9.70 Å². The topological polar surface area (TPSA) is 83.1 Å². The molecular weight excluding hydrogens is 565 g/mol. The van der Waals surface area contributed by atoms with Gasteiger partial charge in [-0.15, -0.1) is 0 Å². The summed E-state index contributed by atoms with van der Waals surface area (Å²) in [5.41, 5.74) is 2.15. The maximum absolute atomic E-state index is 13.1. The molecule has 0 unspecified atom stereocenters. The summed E-state index contributed by atoms with van der Waals surface area (Å²) >= 11 is 17.5. The van der Waals surface area contributed by atoms with Gasteiger partial charge in [-0.2, -0.15) is 0 Å². The van der Waals surface area contributed by atoms with Crippen molar-refractivity contribution >= 4 is 46.7 Å². The number of alkyl halides is 3. The average molecular weight is 593 g/mol. The highest BCUT2D eigenvalue weighted by Crippen LogP contribution is 2.31. The van der Waals surface area contributed by atoms with Crippen molar-refractivity contribution in [1.29, 1.82) is 0 Å². The van der Waals surface area contributed by atoms with Gasteiger partial charge < -0.3 is 24.3 Å². The fourth-order valence-electron chi connectivity index (χ4n) is 4.17. The molecule has 1 saturated heterocycles. The van der Waals surface area contributed by atoms with Gasteiger partial charge in [-0.1, -0.05) is 114 Å². The van der Waals surface area contributed by atoms with Crippen LogP contribution in [0.1, 0.15) is 28.4 Å². The first-order valence-electron chi connectivity index (χ1n) is 12.3. The van der Waals surface area contributed by atoms with Crippen LogP contribution in [0.5, 0.6) is 0 Å². The summed E-state index contributed by atoms with van der Waals surface area (Å²) in [6.45, 7) is 2.06. The second-order valence-electron chi connectivity index (χ2n) is 8.99. The van der Waals surface area contributed by atoms with Crippen LogP contribution in [-0.2, 0) is 37.0 Å². The molecule has 1 fully saturated rings. The minimum atomic E-state index is -2.23. The van der Waals surface area contributed by atoms with Gasteiger partial charge in [0.1, 0.15) is 12.2 Å². The Morgan fingerprint density at radius 1 is 0.769 bits per heavy atom. The normalized spacial score (nSPS) is 23.1. The molecule has 0 saturated carbocycles. The highest BCUT2D eigenvalue weighted by molar-refractivity contribution is 6.76. The van der Waals surface area contributed by atoms with Crippen LogP contribution in [0.4, 0.5) is 0 Å². The fraction of sp³-hybridized carbons (Fsp3) is 0.310. The lowest BCUT2D eigenvalue weighted by Gasteiger charge is -2.45. The molecular formula is C29H28Cl3NO6. The molecule has 10 heteroatoms. The Hall–Kier alpha value is -2.65. The molecule has 0 aromatic heterocycles. The lowest BCUT2D eigenvalue weighted by Crippen LogP contribution is -2.65. The molecule has 1 heterocycles. The van der Waals surface area contributed by atoms with E-state index in [2.05, 4.69) is 5.32 Å². The third-order valence-corrected chi connectivity index (χ3v) is 6.64. The summed E-state index contributed by atoms with van der Waals surface area (Å²) in [6.07, 6.45) is -4.46. The summed E-state index contributed by atoms with van der Waals surface area (Å²) in [5, 5.41) is 2.61. The first-order chi connectivity index (χ1) is 18.7. The predicted octanol–water partition coefficient (Wildman–Crippen LogP) is 5.61. The van der Waals surface area contributed by atoms with Gasteiger partial charge in [-0.05, 0) is 30.2 Å².